The third-order valence-corrected chi connectivity index (χ3v) is 2.60. The molecule has 0 unspecified atom stereocenters. The molecule has 6 heteroatoms. The van der Waals surface area contributed by atoms with Crippen LogP contribution in [-0.4, -0.2) is 19.7 Å². The van der Waals surface area contributed by atoms with Crippen molar-refractivity contribution in [1.29, 1.82) is 10.5 Å². The van der Waals surface area contributed by atoms with Gasteiger partial charge in [0, 0.05) is 12.5 Å². The molecule has 1 rings (SSSR count). The van der Waals surface area contributed by atoms with Crippen LogP contribution in [0.4, 0.5) is 0 Å². The topological polar surface area (TPSA) is 94.6 Å². The smallest absolute Gasteiger partial charge is 0.178 e. The van der Waals surface area contributed by atoms with E-state index in [1.54, 1.807) is 12.1 Å². The summed E-state index contributed by atoms with van der Waals surface area (Å²) in [6.45, 7) is 0. The maximum atomic E-state index is 11.2. The molecule has 1 aromatic heterocycles. The minimum atomic E-state index is -3.51. The van der Waals surface area contributed by atoms with Crippen LogP contribution in [0.5, 0.6) is 0 Å². The van der Waals surface area contributed by atoms with Gasteiger partial charge in [0.1, 0.15) is 17.0 Å². The van der Waals surface area contributed by atoms with E-state index >= 15 is 0 Å². The summed E-state index contributed by atoms with van der Waals surface area (Å²) >= 11 is 0. The highest BCUT2D eigenvalue weighted by atomic mass is 32.2. The summed E-state index contributed by atoms with van der Waals surface area (Å²) in [7, 11) is -3.51. The first-order valence-corrected chi connectivity index (χ1v) is 5.38. The largest absolute Gasteiger partial charge is 0.243 e. The maximum absolute atomic E-state index is 11.2. The van der Waals surface area contributed by atoms with Gasteiger partial charge in [0.05, 0.1) is 5.56 Å². The Morgan fingerprint density at radius 1 is 1.36 bits per heavy atom. The lowest BCUT2D eigenvalue weighted by Gasteiger charge is -1.99. The lowest BCUT2D eigenvalue weighted by Crippen LogP contribution is -2.03. The maximum Gasteiger partial charge on any atom is 0.178 e. The molecule has 0 saturated heterocycles. The number of sulfone groups is 1. The molecule has 0 N–H and O–H groups in total. The normalized spacial score (nSPS) is 10.2. The summed E-state index contributed by atoms with van der Waals surface area (Å²) in [6, 6.07) is 4.55. The van der Waals surface area contributed by atoms with Crippen LogP contribution < -0.4 is 0 Å². The second-order valence-electron chi connectivity index (χ2n) is 2.57. The van der Waals surface area contributed by atoms with Crippen LogP contribution in [0.1, 0.15) is 11.3 Å². The molecule has 0 aliphatic rings. The highest BCUT2D eigenvalue weighted by Gasteiger charge is 2.15. The highest BCUT2D eigenvalue weighted by molar-refractivity contribution is 7.90. The molecule has 0 amide bonds. The van der Waals surface area contributed by atoms with Gasteiger partial charge in [-0.3, -0.25) is 0 Å². The van der Waals surface area contributed by atoms with Crippen molar-refractivity contribution in [3.05, 3.63) is 23.5 Å². The summed E-state index contributed by atoms with van der Waals surface area (Å²) in [4.78, 5) is 3.36. The third kappa shape index (κ3) is 1.87. The fourth-order valence-corrected chi connectivity index (χ4v) is 1.66. The van der Waals surface area contributed by atoms with E-state index in [1.807, 2.05) is 0 Å². The molecule has 14 heavy (non-hydrogen) atoms. The van der Waals surface area contributed by atoms with Crippen molar-refractivity contribution in [3.63, 3.8) is 0 Å². The van der Waals surface area contributed by atoms with Crippen molar-refractivity contribution in [3.8, 4) is 12.1 Å². The molecule has 0 aliphatic heterocycles. The van der Waals surface area contributed by atoms with Crippen LogP contribution in [0.25, 0.3) is 0 Å². The van der Waals surface area contributed by atoms with Crippen molar-refractivity contribution in [2.75, 3.05) is 6.26 Å². The molecule has 0 aliphatic carbocycles. The number of hydrogen-bond donors (Lipinski definition) is 0. The molecule has 70 valence electrons. The van der Waals surface area contributed by atoms with Crippen molar-refractivity contribution < 1.29 is 8.42 Å². The van der Waals surface area contributed by atoms with Crippen molar-refractivity contribution in [1.82, 2.24) is 4.98 Å². The Morgan fingerprint density at radius 2 is 2.00 bits per heavy atom. The molecule has 0 radical (unpaired) electrons. The first-order chi connectivity index (χ1) is 6.49. The molecule has 0 saturated carbocycles. The fourth-order valence-electron chi connectivity index (χ4n) is 0.872. The van der Waals surface area contributed by atoms with E-state index in [0.29, 0.717) is 0 Å². The number of aromatic nitrogens is 1. The standard InChI is InChI=1S/C8H5N3O2S/c1-14(12,13)8-2-6(3-9)5-11-7(8)4-10/h2,5H,1H3. The van der Waals surface area contributed by atoms with Crippen molar-refractivity contribution in [2.24, 2.45) is 0 Å². The Kier molecular flexibility index (Phi) is 2.50. The highest BCUT2D eigenvalue weighted by Crippen LogP contribution is 2.13. The molecule has 0 fully saturated rings. The van der Waals surface area contributed by atoms with Crippen LogP contribution in [0.2, 0.25) is 0 Å². The van der Waals surface area contributed by atoms with Gasteiger partial charge in [0.25, 0.3) is 0 Å². The van der Waals surface area contributed by atoms with Gasteiger partial charge in [-0.05, 0) is 6.07 Å². The van der Waals surface area contributed by atoms with Gasteiger partial charge in [0.15, 0.2) is 15.5 Å². The Morgan fingerprint density at radius 3 is 2.43 bits per heavy atom. The van der Waals surface area contributed by atoms with E-state index in [1.165, 1.54) is 0 Å². The SMILES string of the molecule is CS(=O)(=O)c1cc(C#N)cnc1C#N. The average molecular weight is 207 g/mol. The average Bonchev–Trinajstić information content (AvgIpc) is 2.15. The van der Waals surface area contributed by atoms with E-state index in [0.717, 1.165) is 18.5 Å². The van der Waals surface area contributed by atoms with Gasteiger partial charge < -0.3 is 0 Å². The number of hydrogen-bond acceptors (Lipinski definition) is 5. The summed E-state index contributed by atoms with van der Waals surface area (Å²) < 4.78 is 22.4. The molecule has 0 atom stereocenters. The zero-order chi connectivity index (χ0) is 10.8. The van der Waals surface area contributed by atoms with Crippen LogP contribution in [0, 0.1) is 22.7 Å². The Bertz CT molecular complexity index is 549. The molecular weight excluding hydrogens is 202 g/mol. The zero-order valence-corrected chi connectivity index (χ0v) is 8.04. The van der Waals surface area contributed by atoms with Crippen LogP contribution in [0.15, 0.2) is 17.2 Å². The molecule has 0 aromatic carbocycles. The first-order valence-electron chi connectivity index (χ1n) is 3.49. The van der Waals surface area contributed by atoms with E-state index in [-0.39, 0.29) is 16.2 Å². The lowest BCUT2D eigenvalue weighted by atomic mass is 10.3. The van der Waals surface area contributed by atoms with Crippen LogP contribution in [0.3, 0.4) is 0 Å². The second-order valence-corrected chi connectivity index (χ2v) is 4.55. The second kappa shape index (κ2) is 3.44. The summed E-state index contributed by atoms with van der Waals surface area (Å²) in [5, 5.41) is 17.1. The number of nitriles is 2. The minimum absolute atomic E-state index is 0.115. The summed E-state index contributed by atoms with van der Waals surface area (Å²) in [5.74, 6) is 0. The quantitative estimate of drug-likeness (QED) is 0.656. The van der Waals surface area contributed by atoms with Gasteiger partial charge in [-0.15, -0.1) is 0 Å². The van der Waals surface area contributed by atoms with E-state index < -0.39 is 9.84 Å². The minimum Gasteiger partial charge on any atom is -0.243 e. The predicted octanol–water partition coefficient (Wildman–Crippen LogP) is 0.228. The summed E-state index contributed by atoms with van der Waals surface area (Å²) in [5.41, 5.74) is -0.0732. The first kappa shape index (κ1) is 10.2. The van der Waals surface area contributed by atoms with Gasteiger partial charge in [0.2, 0.25) is 0 Å². The van der Waals surface area contributed by atoms with Crippen LogP contribution >= 0.6 is 0 Å². The predicted molar refractivity (Wildman–Crippen MR) is 46.8 cm³/mol. The lowest BCUT2D eigenvalue weighted by molar-refractivity contribution is 0.601. The van der Waals surface area contributed by atoms with Crippen molar-refractivity contribution >= 4 is 9.84 Å². The Balaban J connectivity index is 3.57. The van der Waals surface area contributed by atoms with E-state index in [2.05, 4.69) is 4.98 Å². The molecule has 0 spiro atoms. The number of rotatable bonds is 1. The molecule has 0 bridgehead atoms. The Labute approximate surface area is 81.2 Å². The molecule has 1 heterocycles. The Hall–Kier alpha value is -1.92. The third-order valence-electron chi connectivity index (χ3n) is 1.49. The zero-order valence-electron chi connectivity index (χ0n) is 7.22. The van der Waals surface area contributed by atoms with Gasteiger partial charge >= 0.3 is 0 Å². The summed E-state index contributed by atoms with van der Waals surface area (Å²) in [6.07, 6.45) is 2.12. The molecule has 5 nitrogen and oxygen atoms in total. The van der Waals surface area contributed by atoms with Gasteiger partial charge in [-0.1, -0.05) is 0 Å². The van der Waals surface area contributed by atoms with Crippen LogP contribution in [-0.2, 0) is 9.84 Å². The molecule has 1 aromatic rings. The number of pyridine rings is 1. The van der Waals surface area contributed by atoms with Gasteiger partial charge in [-0.2, -0.15) is 10.5 Å². The molecular formula is C8H5N3O2S. The van der Waals surface area contributed by atoms with Gasteiger partial charge in [-0.25, -0.2) is 13.4 Å². The van der Waals surface area contributed by atoms with E-state index in [4.69, 9.17) is 10.5 Å². The number of nitrogens with zero attached hydrogens (tertiary/aromatic N) is 3. The van der Waals surface area contributed by atoms with Crippen molar-refractivity contribution in [2.45, 2.75) is 4.90 Å². The van der Waals surface area contributed by atoms with E-state index in [9.17, 15) is 8.42 Å². The monoisotopic (exact) mass is 207 g/mol. The fraction of sp³-hybridized carbons (Fsp3) is 0.125.